The lowest BCUT2D eigenvalue weighted by atomic mass is 10.1. The Morgan fingerprint density at radius 2 is 1.76 bits per heavy atom. The highest BCUT2D eigenvalue weighted by Crippen LogP contribution is 2.22. The highest BCUT2D eigenvalue weighted by molar-refractivity contribution is 8.05. The van der Waals surface area contributed by atoms with Gasteiger partial charge in [-0.3, -0.25) is 4.79 Å². The second-order valence-electron chi connectivity index (χ2n) is 4.18. The quantitative estimate of drug-likeness (QED) is 0.508. The number of hydrogen-bond donors (Lipinski definition) is 1. The molecule has 0 bridgehead atoms. The summed E-state index contributed by atoms with van der Waals surface area (Å²) in [5.41, 5.74) is -5.72. The molecule has 0 saturated carbocycles. The molecular formula is C9H16F3NO6S2. The van der Waals surface area contributed by atoms with Crippen LogP contribution < -0.4 is 4.13 Å². The molecule has 1 atom stereocenters. The predicted molar refractivity (Wildman–Crippen MR) is 66.9 cm³/mol. The van der Waals surface area contributed by atoms with Crippen molar-refractivity contribution in [2.24, 2.45) is 5.92 Å². The minimum atomic E-state index is -5.97. The van der Waals surface area contributed by atoms with Crippen molar-refractivity contribution in [1.82, 2.24) is 4.13 Å². The van der Waals surface area contributed by atoms with Crippen molar-refractivity contribution < 1.29 is 39.5 Å². The number of halogens is 3. The average molecular weight is 355 g/mol. The summed E-state index contributed by atoms with van der Waals surface area (Å²) < 4.78 is 84.9. The van der Waals surface area contributed by atoms with Gasteiger partial charge in [0.2, 0.25) is 10.0 Å². The van der Waals surface area contributed by atoms with Crippen LogP contribution in [0.1, 0.15) is 26.7 Å². The van der Waals surface area contributed by atoms with Crippen molar-refractivity contribution in [3.63, 3.8) is 0 Å². The molecule has 1 N–H and O–H groups in total. The lowest BCUT2D eigenvalue weighted by Gasteiger charge is -2.11. The van der Waals surface area contributed by atoms with Crippen LogP contribution in [0.15, 0.2) is 0 Å². The summed E-state index contributed by atoms with van der Waals surface area (Å²) in [6.07, 6.45) is 0.188. The van der Waals surface area contributed by atoms with Gasteiger partial charge in [-0.1, -0.05) is 13.8 Å². The fourth-order valence-corrected chi connectivity index (χ4v) is 3.53. The van der Waals surface area contributed by atoms with Gasteiger partial charge in [-0.15, -0.1) is 4.13 Å². The number of nitrogens with one attached hydrogen (secondary N) is 1. The van der Waals surface area contributed by atoms with Gasteiger partial charge in [0.05, 0.1) is 18.3 Å². The van der Waals surface area contributed by atoms with Gasteiger partial charge in [0, 0.05) is 0 Å². The number of hydrogen-bond acceptors (Lipinski definition) is 6. The summed E-state index contributed by atoms with van der Waals surface area (Å²) in [6.45, 7) is 3.00. The number of ether oxygens (including phenoxy) is 1. The number of esters is 1. The molecule has 0 rings (SSSR count). The first-order chi connectivity index (χ1) is 9.32. The van der Waals surface area contributed by atoms with Crippen molar-refractivity contribution in [1.29, 1.82) is 0 Å². The number of sulfonamides is 2. The van der Waals surface area contributed by atoms with Crippen molar-refractivity contribution in [3.8, 4) is 0 Å². The standard InChI is InChI=1S/C9H16F3NO6S2/c1-3-7(2)8(14)19-5-4-6-20(15,16)13-21(17,18)9(10,11)12/h7,13H,3-6H2,1-2H3. The third-order valence-corrected chi connectivity index (χ3v) is 5.69. The van der Waals surface area contributed by atoms with Crippen LogP contribution in [0.4, 0.5) is 13.2 Å². The maximum absolute atomic E-state index is 12.0. The Bertz CT molecular complexity index is 555. The Labute approximate surface area is 121 Å². The van der Waals surface area contributed by atoms with E-state index in [-0.39, 0.29) is 18.9 Å². The molecule has 0 amide bonds. The second kappa shape index (κ2) is 7.40. The van der Waals surface area contributed by atoms with Gasteiger partial charge in [-0.2, -0.15) is 13.2 Å². The summed E-state index contributed by atoms with van der Waals surface area (Å²) in [7, 11) is -10.7. The van der Waals surface area contributed by atoms with Crippen LogP contribution in [-0.4, -0.2) is 40.7 Å². The third-order valence-electron chi connectivity index (χ3n) is 2.36. The molecule has 0 aliphatic carbocycles. The van der Waals surface area contributed by atoms with Crippen LogP contribution in [0.3, 0.4) is 0 Å². The normalized spacial score (nSPS) is 14.7. The van der Waals surface area contributed by atoms with Crippen molar-refractivity contribution >= 4 is 26.0 Å². The molecule has 0 aliphatic rings. The summed E-state index contributed by atoms with van der Waals surface area (Å²) in [6, 6.07) is 0. The Balaban J connectivity index is 4.38. The fraction of sp³-hybridized carbons (Fsp3) is 0.889. The second-order valence-corrected chi connectivity index (χ2v) is 7.96. The first-order valence-electron chi connectivity index (χ1n) is 5.81. The van der Waals surface area contributed by atoms with Crippen LogP contribution in [0.5, 0.6) is 0 Å². The molecule has 0 aromatic heterocycles. The summed E-state index contributed by atoms with van der Waals surface area (Å²) in [4.78, 5) is 11.2. The molecule has 0 spiro atoms. The summed E-state index contributed by atoms with van der Waals surface area (Å²) in [5.74, 6) is -1.87. The van der Waals surface area contributed by atoms with Crippen molar-refractivity contribution in [3.05, 3.63) is 0 Å². The van der Waals surface area contributed by atoms with Gasteiger partial charge in [0.25, 0.3) is 0 Å². The summed E-state index contributed by atoms with van der Waals surface area (Å²) in [5, 5.41) is 0. The van der Waals surface area contributed by atoms with Crippen LogP contribution >= 0.6 is 0 Å². The number of rotatable bonds is 8. The van der Waals surface area contributed by atoms with Gasteiger partial charge >= 0.3 is 21.5 Å². The highest BCUT2D eigenvalue weighted by Gasteiger charge is 2.48. The van der Waals surface area contributed by atoms with E-state index < -0.39 is 37.3 Å². The van der Waals surface area contributed by atoms with Crippen LogP contribution in [0.25, 0.3) is 0 Å². The van der Waals surface area contributed by atoms with Crippen LogP contribution in [0.2, 0.25) is 0 Å². The van der Waals surface area contributed by atoms with Gasteiger partial charge in [0.1, 0.15) is 0 Å². The maximum Gasteiger partial charge on any atom is 0.512 e. The van der Waals surface area contributed by atoms with E-state index in [1.165, 1.54) is 0 Å². The zero-order valence-electron chi connectivity index (χ0n) is 11.3. The molecule has 0 radical (unpaired) electrons. The van der Waals surface area contributed by atoms with E-state index in [2.05, 4.69) is 4.74 Å². The van der Waals surface area contributed by atoms with E-state index in [4.69, 9.17) is 0 Å². The van der Waals surface area contributed by atoms with E-state index in [1.54, 1.807) is 13.8 Å². The van der Waals surface area contributed by atoms with Crippen molar-refractivity contribution in [2.45, 2.75) is 32.2 Å². The Morgan fingerprint density at radius 1 is 1.24 bits per heavy atom. The fourth-order valence-electron chi connectivity index (χ4n) is 0.987. The average Bonchev–Trinajstić information content (AvgIpc) is 2.30. The van der Waals surface area contributed by atoms with Gasteiger partial charge in [0.15, 0.2) is 0 Å². The lowest BCUT2D eigenvalue weighted by Crippen LogP contribution is -2.41. The molecule has 0 aliphatic heterocycles. The Morgan fingerprint density at radius 3 is 2.19 bits per heavy atom. The number of carbonyl (C=O) groups is 1. The molecule has 0 heterocycles. The van der Waals surface area contributed by atoms with Gasteiger partial charge in [-0.05, 0) is 12.8 Å². The molecule has 7 nitrogen and oxygen atoms in total. The molecule has 0 aromatic carbocycles. The van der Waals surface area contributed by atoms with Gasteiger partial charge < -0.3 is 4.74 Å². The third kappa shape index (κ3) is 7.09. The van der Waals surface area contributed by atoms with Crippen LogP contribution in [-0.2, 0) is 29.6 Å². The van der Waals surface area contributed by atoms with E-state index >= 15 is 0 Å². The minimum absolute atomic E-state index is 0.328. The van der Waals surface area contributed by atoms with Crippen LogP contribution in [0, 0.1) is 5.92 Å². The SMILES string of the molecule is CCC(C)C(=O)OCCCS(=O)(=O)NS(=O)(=O)C(F)(F)F. The molecule has 0 aromatic rings. The first-order valence-corrected chi connectivity index (χ1v) is 8.95. The topological polar surface area (TPSA) is 107 Å². The predicted octanol–water partition coefficient (Wildman–Crippen LogP) is 0.735. The summed E-state index contributed by atoms with van der Waals surface area (Å²) >= 11 is 0. The molecule has 0 saturated heterocycles. The molecule has 1 unspecified atom stereocenters. The largest absolute Gasteiger partial charge is 0.512 e. The molecule has 21 heavy (non-hydrogen) atoms. The number of carbonyl (C=O) groups excluding carboxylic acids is 1. The Kier molecular flexibility index (Phi) is 7.09. The van der Waals surface area contributed by atoms with E-state index in [9.17, 15) is 34.8 Å². The smallest absolute Gasteiger partial charge is 0.465 e. The lowest BCUT2D eigenvalue weighted by molar-refractivity contribution is -0.148. The first kappa shape index (κ1) is 20.1. The highest BCUT2D eigenvalue weighted by atomic mass is 32.3. The zero-order valence-corrected chi connectivity index (χ0v) is 12.9. The molecular weight excluding hydrogens is 339 g/mol. The maximum atomic E-state index is 12.0. The van der Waals surface area contributed by atoms with E-state index in [1.807, 2.05) is 0 Å². The van der Waals surface area contributed by atoms with Gasteiger partial charge in [-0.25, -0.2) is 16.8 Å². The molecule has 126 valence electrons. The zero-order chi connectivity index (χ0) is 16.9. The van der Waals surface area contributed by atoms with E-state index in [0.29, 0.717) is 10.5 Å². The van der Waals surface area contributed by atoms with E-state index in [0.717, 1.165) is 0 Å². The minimum Gasteiger partial charge on any atom is -0.465 e. The van der Waals surface area contributed by atoms with Crippen molar-refractivity contribution in [2.75, 3.05) is 12.4 Å². The monoisotopic (exact) mass is 355 g/mol. The molecule has 0 fully saturated rings. The molecule has 12 heteroatoms. The Hall–Kier alpha value is -0.880. The number of alkyl halides is 3.